The lowest BCUT2D eigenvalue weighted by Crippen LogP contribution is -2.65. The van der Waals surface area contributed by atoms with Crippen LogP contribution in [0.4, 0.5) is 0 Å². The number of piperazine rings is 1. The SMILES string of the molecule is CC(C)C1CNC2(CCCCC2)CN1Cc1ccoc1. The Kier molecular flexibility index (Phi) is 4.18. The summed E-state index contributed by atoms with van der Waals surface area (Å²) in [6, 6.07) is 2.74. The summed E-state index contributed by atoms with van der Waals surface area (Å²) >= 11 is 0. The molecular weight excluding hydrogens is 248 g/mol. The first-order valence-corrected chi connectivity index (χ1v) is 8.19. The van der Waals surface area contributed by atoms with Gasteiger partial charge in [0.15, 0.2) is 0 Å². The monoisotopic (exact) mass is 276 g/mol. The van der Waals surface area contributed by atoms with Crippen LogP contribution in [0.5, 0.6) is 0 Å². The number of rotatable bonds is 3. The van der Waals surface area contributed by atoms with E-state index in [2.05, 4.69) is 30.1 Å². The number of hydrogen-bond acceptors (Lipinski definition) is 3. The zero-order valence-electron chi connectivity index (χ0n) is 12.9. The van der Waals surface area contributed by atoms with Crippen LogP contribution >= 0.6 is 0 Å². The molecule has 2 fully saturated rings. The van der Waals surface area contributed by atoms with E-state index in [4.69, 9.17) is 4.42 Å². The second kappa shape index (κ2) is 5.90. The fourth-order valence-electron chi connectivity index (χ4n) is 4.02. The van der Waals surface area contributed by atoms with Crippen LogP contribution in [0.1, 0.15) is 51.5 Å². The molecule has 1 saturated carbocycles. The molecule has 1 spiro atoms. The summed E-state index contributed by atoms with van der Waals surface area (Å²) < 4.78 is 5.25. The van der Waals surface area contributed by atoms with Crippen molar-refractivity contribution in [2.24, 2.45) is 5.92 Å². The smallest absolute Gasteiger partial charge is 0.0947 e. The molecule has 1 aromatic heterocycles. The number of nitrogens with one attached hydrogen (secondary N) is 1. The lowest BCUT2D eigenvalue weighted by atomic mass is 9.78. The molecule has 2 aliphatic rings. The summed E-state index contributed by atoms with van der Waals surface area (Å²) in [6.45, 7) is 8.04. The Morgan fingerprint density at radius 2 is 2.15 bits per heavy atom. The molecule has 3 rings (SSSR count). The minimum atomic E-state index is 0.382. The van der Waals surface area contributed by atoms with Crippen molar-refractivity contribution >= 4 is 0 Å². The predicted molar refractivity (Wildman–Crippen MR) is 81.6 cm³/mol. The molecule has 1 aliphatic heterocycles. The van der Waals surface area contributed by atoms with E-state index in [1.165, 1.54) is 44.2 Å². The first kappa shape index (κ1) is 14.2. The topological polar surface area (TPSA) is 28.4 Å². The first-order chi connectivity index (χ1) is 9.69. The number of furan rings is 1. The van der Waals surface area contributed by atoms with Gasteiger partial charge in [-0.1, -0.05) is 33.1 Å². The molecule has 1 atom stereocenters. The van der Waals surface area contributed by atoms with Crippen LogP contribution in [-0.2, 0) is 6.54 Å². The van der Waals surface area contributed by atoms with E-state index in [1.54, 1.807) is 6.26 Å². The molecular formula is C17H28N2O. The van der Waals surface area contributed by atoms with Crippen LogP contribution in [0, 0.1) is 5.92 Å². The van der Waals surface area contributed by atoms with Crippen molar-refractivity contribution in [1.82, 2.24) is 10.2 Å². The molecule has 3 heteroatoms. The Balaban J connectivity index is 1.73. The molecule has 0 radical (unpaired) electrons. The van der Waals surface area contributed by atoms with Gasteiger partial charge in [0.25, 0.3) is 0 Å². The molecule has 2 heterocycles. The molecule has 1 aromatic rings. The summed E-state index contributed by atoms with van der Waals surface area (Å²) in [5.74, 6) is 0.690. The Labute approximate surface area is 122 Å². The lowest BCUT2D eigenvalue weighted by molar-refractivity contribution is 0.0308. The fraction of sp³-hybridized carbons (Fsp3) is 0.765. The van der Waals surface area contributed by atoms with Gasteiger partial charge in [-0.25, -0.2) is 0 Å². The van der Waals surface area contributed by atoms with Crippen molar-refractivity contribution in [2.75, 3.05) is 13.1 Å². The Morgan fingerprint density at radius 3 is 2.80 bits per heavy atom. The van der Waals surface area contributed by atoms with E-state index in [-0.39, 0.29) is 0 Å². The first-order valence-electron chi connectivity index (χ1n) is 8.19. The number of nitrogens with zero attached hydrogens (tertiary/aromatic N) is 1. The van der Waals surface area contributed by atoms with Crippen molar-refractivity contribution in [3.63, 3.8) is 0 Å². The molecule has 0 amide bonds. The van der Waals surface area contributed by atoms with E-state index < -0.39 is 0 Å². The quantitative estimate of drug-likeness (QED) is 0.917. The standard InChI is InChI=1S/C17H28N2O/c1-14(2)16-10-18-17(7-4-3-5-8-17)13-19(16)11-15-6-9-20-12-15/h6,9,12,14,16,18H,3-5,7-8,10-11,13H2,1-2H3. The van der Waals surface area contributed by atoms with Gasteiger partial charge < -0.3 is 9.73 Å². The Hall–Kier alpha value is -0.800. The normalized spacial score (nSPS) is 27.2. The maximum absolute atomic E-state index is 5.25. The maximum Gasteiger partial charge on any atom is 0.0947 e. The van der Waals surface area contributed by atoms with E-state index in [9.17, 15) is 0 Å². The second-order valence-corrected chi connectivity index (χ2v) is 7.07. The zero-order valence-corrected chi connectivity index (χ0v) is 12.9. The van der Waals surface area contributed by atoms with Gasteiger partial charge >= 0.3 is 0 Å². The van der Waals surface area contributed by atoms with E-state index >= 15 is 0 Å². The molecule has 112 valence electrons. The number of hydrogen-bond donors (Lipinski definition) is 1. The molecule has 1 unspecified atom stereocenters. The molecule has 0 bridgehead atoms. The summed E-state index contributed by atoms with van der Waals surface area (Å²) in [4.78, 5) is 2.69. The van der Waals surface area contributed by atoms with E-state index in [0.29, 0.717) is 17.5 Å². The highest BCUT2D eigenvalue weighted by atomic mass is 16.3. The van der Waals surface area contributed by atoms with Crippen LogP contribution in [0.15, 0.2) is 23.0 Å². The zero-order chi connectivity index (χ0) is 14.0. The lowest BCUT2D eigenvalue weighted by Gasteiger charge is -2.51. The summed E-state index contributed by atoms with van der Waals surface area (Å²) in [5.41, 5.74) is 1.69. The summed E-state index contributed by atoms with van der Waals surface area (Å²) in [7, 11) is 0. The van der Waals surface area contributed by atoms with Gasteiger partial charge in [0, 0.05) is 36.8 Å². The third-order valence-electron chi connectivity index (χ3n) is 5.21. The molecule has 3 nitrogen and oxygen atoms in total. The van der Waals surface area contributed by atoms with Crippen LogP contribution in [0.3, 0.4) is 0 Å². The van der Waals surface area contributed by atoms with E-state index in [0.717, 1.165) is 13.1 Å². The molecule has 1 saturated heterocycles. The van der Waals surface area contributed by atoms with Gasteiger partial charge in [0.1, 0.15) is 0 Å². The van der Waals surface area contributed by atoms with Crippen LogP contribution in [0.25, 0.3) is 0 Å². The van der Waals surface area contributed by atoms with Gasteiger partial charge in [-0.2, -0.15) is 0 Å². The molecule has 1 aliphatic carbocycles. The average Bonchev–Trinajstić information content (AvgIpc) is 2.92. The highest BCUT2D eigenvalue weighted by Crippen LogP contribution is 2.33. The molecule has 20 heavy (non-hydrogen) atoms. The molecule has 0 aromatic carbocycles. The Bertz CT molecular complexity index is 407. The fourth-order valence-corrected chi connectivity index (χ4v) is 4.02. The van der Waals surface area contributed by atoms with Crippen LogP contribution < -0.4 is 5.32 Å². The highest BCUT2D eigenvalue weighted by molar-refractivity contribution is 5.08. The van der Waals surface area contributed by atoms with Gasteiger partial charge in [-0.05, 0) is 24.8 Å². The summed E-state index contributed by atoms with van der Waals surface area (Å²) in [6.07, 6.45) is 10.6. The van der Waals surface area contributed by atoms with Crippen molar-refractivity contribution < 1.29 is 4.42 Å². The van der Waals surface area contributed by atoms with Gasteiger partial charge in [0.2, 0.25) is 0 Å². The largest absolute Gasteiger partial charge is 0.472 e. The van der Waals surface area contributed by atoms with Crippen molar-refractivity contribution in [2.45, 2.75) is 64.1 Å². The van der Waals surface area contributed by atoms with Crippen LogP contribution in [0.2, 0.25) is 0 Å². The van der Waals surface area contributed by atoms with Gasteiger partial charge in [-0.15, -0.1) is 0 Å². The third-order valence-corrected chi connectivity index (χ3v) is 5.21. The van der Waals surface area contributed by atoms with Crippen molar-refractivity contribution in [3.8, 4) is 0 Å². The van der Waals surface area contributed by atoms with Gasteiger partial charge in [0.05, 0.1) is 12.5 Å². The minimum Gasteiger partial charge on any atom is -0.472 e. The second-order valence-electron chi connectivity index (χ2n) is 7.07. The maximum atomic E-state index is 5.25. The van der Waals surface area contributed by atoms with Gasteiger partial charge in [-0.3, -0.25) is 4.90 Å². The predicted octanol–water partition coefficient (Wildman–Crippen LogP) is 3.41. The average molecular weight is 276 g/mol. The Morgan fingerprint density at radius 1 is 1.35 bits per heavy atom. The van der Waals surface area contributed by atoms with Crippen molar-refractivity contribution in [1.29, 1.82) is 0 Å². The third kappa shape index (κ3) is 2.94. The molecule has 1 N–H and O–H groups in total. The summed E-state index contributed by atoms with van der Waals surface area (Å²) in [5, 5.41) is 3.91. The minimum absolute atomic E-state index is 0.382. The highest BCUT2D eigenvalue weighted by Gasteiger charge is 2.40. The van der Waals surface area contributed by atoms with Crippen molar-refractivity contribution in [3.05, 3.63) is 24.2 Å². The van der Waals surface area contributed by atoms with E-state index in [1.807, 2.05) is 6.26 Å². The van der Waals surface area contributed by atoms with Crippen LogP contribution in [-0.4, -0.2) is 29.6 Å².